The van der Waals surface area contributed by atoms with Gasteiger partial charge in [0, 0.05) is 30.1 Å². The second kappa shape index (κ2) is 4.70. The molecule has 88 valence electrons. The molecule has 1 fully saturated rings. The van der Waals surface area contributed by atoms with E-state index >= 15 is 0 Å². The quantitative estimate of drug-likeness (QED) is 0.832. The van der Waals surface area contributed by atoms with Gasteiger partial charge in [-0.05, 0) is 30.5 Å². The maximum Gasteiger partial charge on any atom is 0.124 e. The highest BCUT2D eigenvalue weighted by molar-refractivity contribution is 6.31. The third-order valence-electron chi connectivity index (χ3n) is 3.12. The minimum absolute atomic E-state index is 0.0898. The molecule has 16 heavy (non-hydrogen) atoms. The second-order valence-electron chi connectivity index (χ2n) is 4.50. The van der Waals surface area contributed by atoms with Crippen molar-refractivity contribution in [1.29, 1.82) is 0 Å². The Balaban J connectivity index is 1.85. The van der Waals surface area contributed by atoms with E-state index < -0.39 is 0 Å². The predicted molar refractivity (Wildman–Crippen MR) is 61.9 cm³/mol. The van der Waals surface area contributed by atoms with Crippen LogP contribution in [0.15, 0.2) is 18.2 Å². The van der Waals surface area contributed by atoms with Crippen LogP contribution in [0.25, 0.3) is 0 Å². The normalized spacial score (nSPS) is 17.4. The van der Waals surface area contributed by atoms with Gasteiger partial charge < -0.3 is 10.4 Å². The third kappa shape index (κ3) is 2.73. The Labute approximate surface area is 99.4 Å². The summed E-state index contributed by atoms with van der Waals surface area (Å²) in [6.07, 6.45) is 2.15. The molecule has 1 aromatic rings. The summed E-state index contributed by atoms with van der Waals surface area (Å²) in [6.45, 7) is 1.63. The van der Waals surface area contributed by atoms with Crippen molar-refractivity contribution in [2.75, 3.05) is 13.2 Å². The van der Waals surface area contributed by atoms with Crippen LogP contribution in [0.1, 0.15) is 18.4 Å². The van der Waals surface area contributed by atoms with E-state index in [1.165, 1.54) is 12.1 Å². The Morgan fingerprint density at radius 1 is 1.44 bits per heavy atom. The zero-order chi connectivity index (χ0) is 11.6. The number of aliphatic hydroxyl groups is 1. The fourth-order valence-corrected chi connectivity index (χ4v) is 1.93. The van der Waals surface area contributed by atoms with E-state index in [-0.39, 0.29) is 17.8 Å². The van der Waals surface area contributed by atoms with Crippen molar-refractivity contribution in [3.05, 3.63) is 34.6 Å². The lowest BCUT2D eigenvalue weighted by atomic mass is 10.1. The molecule has 0 heterocycles. The number of hydrogen-bond acceptors (Lipinski definition) is 2. The van der Waals surface area contributed by atoms with Crippen molar-refractivity contribution in [2.45, 2.75) is 19.4 Å². The Hall–Kier alpha value is -0.640. The molecule has 0 bridgehead atoms. The van der Waals surface area contributed by atoms with Crippen LogP contribution in [0.4, 0.5) is 4.39 Å². The molecule has 0 radical (unpaired) electrons. The molecule has 0 unspecified atom stereocenters. The number of benzene rings is 1. The lowest BCUT2D eigenvalue weighted by molar-refractivity contribution is 0.207. The highest BCUT2D eigenvalue weighted by Crippen LogP contribution is 2.44. The van der Waals surface area contributed by atoms with Gasteiger partial charge >= 0.3 is 0 Å². The van der Waals surface area contributed by atoms with Gasteiger partial charge in [-0.1, -0.05) is 17.7 Å². The molecule has 0 saturated heterocycles. The number of rotatable bonds is 5. The van der Waals surface area contributed by atoms with Gasteiger partial charge in [-0.3, -0.25) is 0 Å². The molecule has 0 spiro atoms. The molecule has 1 aliphatic rings. The molecule has 2 rings (SSSR count). The van der Waals surface area contributed by atoms with Gasteiger partial charge in [-0.2, -0.15) is 0 Å². The number of hydrogen-bond donors (Lipinski definition) is 2. The van der Waals surface area contributed by atoms with Crippen LogP contribution in [0.3, 0.4) is 0 Å². The first kappa shape index (κ1) is 11.8. The first-order chi connectivity index (χ1) is 7.65. The summed E-state index contributed by atoms with van der Waals surface area (Å²) in [4.78, 5) is 0. The molecule has 1 aliphatic carbocycles. The van der Waals surface area contributed by atoms with Crippen molar-refractivity contribution in [2.24, 2.45) is 5.41 Å². The van der Waals surface area contributed by atoms with Crippen LogP contribution < -0.4 is 5.32 Å². The zero-order valence-corrected chi connectivity index (χ0v) is 9.73. The average molecular weight is 244 g/mol. The smallest absolute Gasteiger partial charge is 0.124 e. The fraction of sp³-hybridized carbons (Fsp3) is 0.500. The fourth-order valence-electron chi connectivity index (χ4n) is 1.69. The van der Waals surface area contributed by atoms with Gasteiger partial charge in [0.1, 0.15) is 5.82 Å². The van der Waals surface area contributed by atoms with Crippen LogP contribution >= 0.6 is 11.6 Å². The van der Waals surface area contributed by atoms with E-state index in [4.69, 9.17) is 16.7 Å². The number of nitrogens with one attached hydrogen (secondary N) is 1. The van der Waals surface area contributed by atoms with Gasteiger partial charge in [0.25, 0.3) is 0 Å². The van der Waals surface area contributed by atoms with Gasteiger partial charge in [0.15, 0.2) is 0 Å². The summed E-state index contributed by atoms with van der Waals surface area (Å²) in [5, 5.41) is 12.8. The van der Waals surface area contributed by atoms with Gasteiger partial charge in [0.05, 0.1) is 0 Å². The first-order valence-corrected chi connectivity index (χ1v) is 5.79. The molecule has 0 amide bonds. The Morgan fingerprint density at radius 3 is 2.75 bits per heavy atom. The summed E-state index contributed by atoms with van der Waals surface area (Å²) in [7, 11) is 0. The zero-order valence-electron chi connectivity index (χ0n) is 8.97. The largest absolute Gasteiger partial charge is 0.396 e. The van der Waals surface area contributed by atoms with Gasteiger partial charge in [-0.25, -0.2) is 4.39 Å². The highest BCUT2D eigenvalue weighted by atomic mass is 35.5. The van der Waals surface area contributed by atoms with Crippen molar-refractivity contribution < 1.29 is 9.50 Å². The van der Waals surface area contributed by atoms with E-state index in [1.54, 1.807) is 6.07 Å². The Morgan fingerprint density at radius 2 is 2.19 bits per heavy atom. The Bertz CT molecular complexity index is 379. The topological polar surface area (TPSA) is 32.3 Å². The SMILES string of the molecule is OCC1(CNCc2ccc(F)cc2Cl)CC1. The molecular formula is C12H15ClFNO. The van der Waals surface area contributed by atoms with Crippen molar-refractivity contribution >= 4 is 11.6 Å². The van der Waals surface area contributed by atoms with Gasteiger partial charge in [0.2, 0.25) is 0 Å². The summed E-state index contributed by atoms with van der Waals surface area (Å²) in [5.41, 5.74) is 0.976. The first-order valence-electron chi connectivity index (χ1n) is 5.41. The molecule has 2 N–H and O–H groups in total. The van der Waals surface area contributed by atoms with Gasteiger partial charge in [-0.15, -0.1) is 0 Å². The minimum atomic E-state index is -0.317. The van der Waals surface area contributed by atoms with Crippen LogP contribution in [-0.2, 0) is 6.54 Å². The van der Waals surface area contributed by atoms with E-state index in [2.05, 4.69) is 5.32 Å². The van der Waals surface area contributed by atoms with Crippen molar-refractivity contribution in [3.8, 4) is 0 Å². The maximum absolute atomic E-state index is 12.8. The number of halogens is 2. The third-order valence-corrected chi connectivity index (χ3v) is 3.47. The molecule has 2 nitrogen and oxygen atoms in total. The van der Waals surface area contributed by atoms with E-state index in [9.17, 15) is 4.39 Å². The predicted octanol–water partition coefficient (Wildman–Crippen LogP) is 2.34. The Kier molecular flexibility index (Phi) is 3.47. The molecule has 0 atom stereocenters. The molecule has 1 aromatic carbocycles. The summed E-state index contributed by atoms with van der Waals surface area (Å²) < 4.78 is 12.8. The maximum atomic E-state index is 12.8. The molecule has 0 aromatic heterocycles. The molecule has 0 aliphatic heterocycles. The number of aliphatic hydroxyl groups excluding tert-OH is 1. The lowest BCUT2D eigenvalue weighted by Crippen LogP contribution is -2.26. The van der Waals surface area contributed by atoms with Crippen LogP contribution in [0.2, 0.25) is 5.02 Å². The standard InChI is InChI=1S/C12H15ClFNO/c13-11-5-10(14)2-1-9(11)6-15-7-12(8-16)3-4-12/h1-2,5,15-16H,3-4,6-8H2. The summed E-state index contributed by atoms with van der Waals surface area (Å²) in [6, 6.07) is 4.41. The van der Waals surface area contributed by atoms with E-state index in [0.717, 1.165) is 24.9 Å². The summed E-state index contributed by atoms with van der Waals surface area (Å²) in [5.74, 6) is -0.317. The highest BCUT2D eigenvalue weighted by Gasteiger charge is 2.41. The second-order valence-corrected chi connectivity index (χ2v) is 4.90. The molecular weight excluding hydrogens is 229 g/mol. The minimum Gasteiger partial charge on any atom is -0.396 e. The molecule has 1 saturated carbocycles. The monoisotopic (exact) mass is 243 g/mol. The lowest BCUT2D eigenvalue weighted by Gasteiger charge is -2.13. The van der Waals surface area contributed by atoms with E-state index in [0.29, 0.717) is 11.6 Å². The summed E-state index contributed by atoms with van der Waals surface area (Å²) >= 11 is 5.90. The van der Waals surface area contributed by atoms with Crippen LogP contribution in [0, 0.1) is 11.2 Å². The van der Waals surface area contributed by atoms with Crippen molar-refractivity contribution in [3.63, 3.8) is 0 Å². The van der Waals surface area contributed by atoms with Crippen LogP contribution in [-0.4, -0.2) is 18.3 Å². The average Bonchev–Trinajstić information content (AvgIpc) is 3.02. The van der Waals surface area contributed by atoms with Crippen LogP contribution in [0.5, 0.6) is 0 Å². The molecule has 4 heteroatoms. The van der Waals surface area contributed by atoms with E-state index in [1.807, 2.05) is 0 Å². The van der Waals surface area contributed by atoms with Crippen molar-refractivity contribution in [1.82, 2.24) is 5.32 Å².